The summed E-state index contributed by atoms with van der Waals surface area (Å²) in [6.07, 6.45) is 0.944. The van der Waals surface area contributed by atoms with Crippen molar-refractivity contribution in [1.29, 1.82) is 0 Å². The highest BCUT2D eigenvalue weighted by molar-refractivity contribution is 5.63. The molecule has 0 bridgehead atoms. The normalized spacial score (nSPS) is 12.2. The fourth-order valence-corrected chi connectivity index (χ4v) is 1.33. The molecule has 1 aliphatic heterocycles. The van der Waals surface area contributed by atoms with Gasteiger partial charge in [0, 0.05) is 12.7 Å². The monoisotopic (exact) mass is 164 g/mol. The number of benzene rings is 1. The van der Waals surface area contributed by atoms with Crippen molar-refractivity contribution >= 4 is 0 Å². The van der Waals surface area contributed by atoms with Crippen molar-refractivity contribution in [1.82, 2.24) is 0 Å². The zero-order chi connectivity index (χ0) is 8.55. The highest BCUT2D eigenvalue weighted by Crippen LogP contribution is 2.50. The van der Waals surface area contributed by atoms with Gasteiger partial charge in [-0.2, -0.15) is 0 Å². The van der Waals surface area contributed by atoms with E-state index in [4.69, 9.17) is 9.47 Å². The highest BCUT2D eigenvalue weighted by atomic mass is 16.6. The molecule has 64 valence electrons. The average Bonchev–Trinajstić information content (AvgIpc) is 2.83. The van der Waals surface area contributed by atoms with Crippen LogP contribution in [0.15, 0.2) is 12.1 Å². The summed E-state index contributed by atoms with van der Waals surface area (Å²) in [5.41, 5.74) is 2.49. The van der Waals surface area contributed by atoms with Crippen LogP contribution < -0.4 is 4.74 Å². The summed E-state index contributed by atoms with van der Waals surface area (Å²) < 4.78 is 10.3. The largest absolute Gasteiger partial charge is 0.449 e. The van der Waals surface area contributed by atoms with E-state index in [0.29, 0.717) is 0 Å². The van der Waals surface area contributed by atoms with E-state index in [-0.39, 0.29) is 0 Å². The van der Waals surface area contributed by atoms with Gasteiger partial charge in [0.05, 0.1) is 6.61 Å². The average molecular weight is 164 g/mol. The van der Waals surface area contributed by atoms with Gasteiger partial charge in [0.25, 0.3) is 0 Å². The molecule has 0 unspecified atom stereocenters. The smallest absolute Gasteiger partial charge is 0.173 e. The van der Waals surface area contributed by atoms with Crippen LogP contribution in [-0.2, 0) is 11.2 Å². The molecule has 0 radical (unpaired) electrons. The molecular formula is C10H12O2. The highest BCUT2D eigenvalue weighted by Gasteiger charge is 2.26. The molecule has 0 aliphatic carbocycles. The number of hydrogen-bond acceptors (Lipinski definition) is 2. The molecular weight excluding hydrogens is 152 g/mol. The second-order valence-electron chi connectivity index (χ2n) is 3.04. The van der Waals surface area contributed by atoms with Gasteiger partial charge >= 0.3 is 0 Å². The fourth-order valence-electron chi connectivity index (χ4n) is 1.33. The Morgan fingerprint density at radius 3 is 2.92 bits per heavy atom. The first-order valence-electron chi connectivity index (χ1n) is 4.12. The van der Waals surface area contributed by atoms with E-state index >= 15 is 0 Å². The lowest BCUT2D eigenvalue weighted by Crippen LogP contribution is -1.92. The van der Waals surface area contributed by atoms with E-state index in [2.05, 4.69) is 19.1 Å². The van der Waals surface area contributed by atoms with E-state index in [0.717, 1.165) is 24.5 Å². The number of fused-ring (bicyclic) bond motifs is 1. The van der Waals surface area contributed by atoms with Crippen molar-refractivity contribution in [3.63, 3.8) is 0 Å². The molecule has 0 N–H and O–H groups in total. The van der Waals surface area contributed by atoms with E-state index in [1.165, 1.54) is 11.1 Å². The first-order valence-corrected chi connectivity index (χ1v) is 4.12. The Balaban J connectivity index is 2.15. The van der Waals surface area contributed by atoms with Gasteiger partial charge < -0.3 is 9.47 Å². The summed E-state index contributed by atoms with van der Waals surface area (Å²) >= 11 is 0. The van der Waals surface area contributed by atoms with E-state index in [1.807, 2.05) is 0 Å². The van der Waals surface area contributed by atoms with Crippen molar-refractivity contribution < 1.29 is 9.47 Å². The quantitative estimate of drug-likeness (QED) is 0.649. The predicted molar refractivity (Wildman–Crippen MR) is 46.8 cm³/mol. The molecule has 1 heterocycles. The Labute approximate surface area is 72.1 Å². The lowest BCUT2D eigenvalue weighted by atomic mass is 10.1. The van der Waals surface area contributed by atoms with Crippen LogP contribution in [0.5, 0.6) is 11.5 Å². The van der Waals surface area contributed by atoms with Gasteiger partial charge in [-0.15, -0.1) is 0 Å². The van der Waals surface area contributed by atoms with Crippen LogP contribution >= 0.6 is 0 Å². The molecule has 0 aromatic heterocycles. The van der Waals surface area contributed by atoms with Gasteiger partial charge in [-0.05, 0) is 18.9 Å². The van der Waals surface area contributed by atoms with Gasteiger partial charge in [0.15, 0.2) is 11.5 Å². The molecule has 1 aromatic carbocycles. The third kappa shape index (κ3) is 1.18. The predicted octanol–water partition coefficient (Wildman–Crippen LogP) is 2.29. The summed E-state index contributed by atoms with van der Waals surface area (Å²) in [6.45, 7) is 2.82. The standard InChI is InChI=1S/C10H12O2/c1-7-3-4-8(5-6-11-2)10-9(7)12-10/h3-4H,5-6H2,1-2H3. The number of aryl methyl sites for hydroxylation is 1. The molecule has 2 heteroatoms. The Hall–Kier alpha value is -1.02. The maximum absolute atomic E-state index is 5.34. The number of hydrogen-bond donors (Lipinski definition) is 0. The molecule has 0 atom stereocenters. The van der Waals surface area contributed by atoms with Crippen molar-refractivity contribution in [3.8, 4) is 11.5 Å². The molecule has 0 spiro atoms. The van der Waals surface area contributed by atoms with Crippen molar-refractivity contribution in [2.75, 3.05) is 13.7 Å². The second kappa shape index (κ2) is 2.79. The third-order valence-electron chi connectivity index (χ3n) is 2.13. The molecule has 0 amide bonds. The molecule has 0 saturated carbocycles. The van der Waals surface area contributed by atoms with Gasteiger partial charge in [-0.25, -0.2) is 0 Å². The molecule has 2 nitrogen and oxygen atoms in total. The molecule has 1 aliphatic rings. The maximum Gasteiger partial charge on any atom is 0.173 e. The lowest BCUT2D eigenvalue weighted by Gasteiger charge is -1.96. The van der Waals surface area contributed by atoms with E-state index < -0.39 is 0 Å². The molecule has 12 heavy (non-hydrogen) atoms. The molecule has 2 rings (SSSR count). The molecule has 0 fully saturated rings. The molecule has 1 aromatic rings. The second-order valence-corrected chi connectivity index (χ2v) is 3.04. The van der Waals surface area contributed by atoms with Crippen LogP contribution in [-0.4, -0.2) is 13.7 Å². The number of rotatable bonds is 3. The zero-order valence-corrected chi connectivity index (χ0v) is 7.39. The molecule has 0 saturated heterocycles. The third-order valence-corrected chi connectivity index (χ3v) is 2.13. The first kappa shape index (κ1) is 7.62. The van der Waals surface area contributed by atoms with Crippen LogP contribution in [0.4, 0.5) is 0 Å². The summed E-state index contributed by atoms with van der Waals surface area (Å²) in [5, 5.41) is 0. The lowest BCUT2D eigenvalue weighted by molar-refractivity contribution is 0.202. The topological polar surface area (TPSA) is 21.8 Å². The van der Waals surface area contributed by atoms with Crippen LogP contribution in [0.3, 0.4) is 0 Å². The number of ether oxygens (including phenoxy) is 2. The van der Waals surface area contributed by atoms with Crippen LogP contribution in [0, 0.1) is 6.92 Å². The van der Waals surface area contributed by atoms with Gasteiger partial charge in [0.1, 0.15) is 0 Å². The summed E-state index contributed by atoms with van der Waals surface area (Å²) in [4.78, 5) is 0. The van der Waals surface area contributed by atoms with Gasteiger partial charge in [-0.3, -0.25) is 0 Å². The van der Waals surface area contributed by atoms with E-state index in [1.54, 1.807) is 7.11 Å². The van der Waals surface area contributed by atoms with Crippen molar-refractivity contribution in [3.05, 3.63) is 23.3 Å². The van der Waals surface area contributed by atoms with Crippen LogP contribution in [0.2, 0.25) is 0 Å². The minimum absolute atomic E-state index is 0.763. The number of methoxy groups -OCH3 is 1. The maximum atomic E-state index is 5.34. The van der Waals surface area contributed by atoms with Crippen molar-refractivity contribution in [2.45, 2.75) is 13.3 Å². The minimum Gasteiger partial charge on any atom is -0.449 e. The zero-order valence-electron chi connectivity index (χ0n) is 7.39. The Kier molecular flexibility index (Phi) is 1.77. The van der Waals surface area contributed by atoms with Gasteiger partial charge in [-0.1, -0.05) is 12.1 Å². The van der Waals surface area contributed by atoms with E-state index in [9.17, 15) is 0 Å². The Morgan fingerprint density at radius 1 is 1.33 bits per heavy atom. The van der Waals surface area contributed by atoms with Gasteiger partial charge in [0.2, 0.25) is 0 Å². The summed E-state index contributed by atoms with van der Waals surface area (Å²) in [6, 6.07) is 4.21. The van der Waals surface area contributed by atoms with Crippen LogP contribution in [0.1, 0.15) is 11.1 Å². The summed E-state index contributed by atoms with van der Waals surface area (Å²) in [7, 11) is 1.72. The Morgan fingerprint density at radius 2 is 2.17 bits per heavy atom. The summed E-state index contributed by atoms with van der Waals surface area (Å²) in [5.74, 6) is 2.15. The minimum atomic E-state index is 0.763. The van der Waals surface area contributed by atoms with Crippen molar-refractivity contribution in [2.24, 2.45) is 0 Å². The Bertz CT molecular complexity index is 305. The SMILES string of the molecule is COCCc1ccc(C)c2c1O2. The van der Waals surface area contributed by atoms with Crippen LogP contribution in [0.25, 0.3) is 0 Å². The fraction of sp³-hybridized carbons (Fsp3) is 0.400. The first-order chi connectivity index (χ1) is 5.83.